The van der Waals surface area contributed by atoms with E-state index in [2.05, 4.69) is 0 Å². The Bertz CT molecular complexity index is 669. The van der Waals surface area contributed by atoms with Gasteiger partial charge < -0.3 is 14.9 Å². The van der Waals surface area contributed by atoms with Crippen molar-refractivity contribution in [2.24, 2.45) is 0 Å². The number of aliphatic hydroxyl groups excluding tert-OH is 2. The van der Waals surface area contributed by atoms with E-state index in [1.807, 2.05) is 12.1 Å². The summed E-state index contributed by atoms with van der Waals surface area (Å²) in [4.78, 5) is 10.7. The molecule has 0 aliphatic rings. The lowest BCUT2D eigenvalue weighted by molar-refractivity contribution is -0.385. The number of hydrogen-bond acceptors (Lipinski definition) is 5. The normalized spacial score (nSPS) is 12.0. The van der Waals surface area contributed by atoms with Crippen molar-refractivity contribution in [3.05, 3.63) is 58.1 Å². The zero-order chi connectivity index (χ0) is 16.8. The molecule has 0 aliphatic carbocycles. The second-order valence-electron chi connectivity index (χ2n) is 5.21. The number of rotatable bonds is 7. The molecule has 0 saturated heterocycles. The Balaban J connectivity index is 2.34. The maximum atomic E-state index is 11.1. The minimum absolute atomic E-state index is 0.0122. The van der Waals surface area contributed by atoms with Crippen molar-refractivity contribution in [1.82, 2.24) is 0 Å². The molecule has 0 spiro atoms. The lowest BCUT2D eigenvalue weighted by Crippen LogP contribution is -2.04. The summed E-state index contributed by atoms with van der Waals surface area (Å²) in [5.41, 5.74) is 2.25. The van der Waals surface area contributed by atoms with E-state index in [1.165, 1.54) is 6.07 Å². The van der Waals surface area contributed by atoms with Crippen LogP contribution >= 0.6 is 0 Å². The monoisotopic (exact) mass is 317 g/mol. The Morgan fingerprint density at radius 3 is 2.35 bits per heavy atom. The van der Waals surface area contributed by atoms with Gasteiger partial charge in [-0.3, -0.25) is 10.1 Å². The first-order valence-electron chi connectivity index (χ1n) is 7.30. The van der Waals surface area contributed by atoms with Crippen LogP contribution in [0, 0.1) is 10.1 Å². The highest BCUT2D eigenvalue weighted by Crippen LogP contribution is 2.32. The second-order valence-corrected chi connectivity index (χ2v) is 5.21. The van der Waals surface area contributed by atoms with E-state index < -0.39 is 4.92 Å². The molecule has 23 heavy (non-hydrogen) atoms. The van der Waals surface area contributed by atoms with Gasteiger partial charge in [0.25, 0.3) is 5.69 Å². The Kier molecular flexibility index (Phi) is 5.67. The Labute approximate surface area is 134 Å². The van der Waals surface area contributed by atoms with Crippen LogP contribution in [-0.2, 0) is 0 Å². The molecule has 2 aromatic rings. The van der Waals surface area contributed by atoms with Crippen molar-refractivity contribution in [1.29, 1.82) is 0 Å². The van der Waals surface area contributed by atoms with Gasteiger partial charge >= 0.3 is 0 Å². The Morgan fingerprint density at radius 2 is 1.78 bits per heavy atom. The van der Waals surface area contributed by atoms with E-state index in [0.717, 1.165) is 11.1 Å². The summed E-state index contributed by atoms with van der Waals surface area (Å²) >= 11 is 0. The average molecular weight is 317 g/mol. The molecule has 1 unspecified atom stereocenters. The van der Waals surface area contributed by atoms with Crippen LogP contribution in [0.15, 0.2) is 42.5 Å². The van der Waals surface area contributed by atoms with Gasteiger partial charge in [-0.15, -0.1) is 0 Å². The molecule has 0 bridgehead atoms. The fourth-order valence-corrected chi connectivity index (χ4v) is 2.30. The number of ether oxygens (including phenoxy) is 1. The minimum atomic E-state index is -0.433. The number of hydrogen-bond donors (Lipinski definition) is 2. The maximum Gasteiger partial charge on any atom is 0.272 e. The van der Waals surface area contributed by atoms with E-state index in [9.17, 15) is 15.2 Å². The molecule has 0 heterocycles. The molecule has 1 atom stereocenters. The maximum absolute atomic E-state index is 11.1. The van der Waals surface area contributed by atoms with Crippen LogP contribution in [0.2, 0.25) is 0 Å². The molecule has 0 amide bonds. The molecule has 0 aliphatic heterocycles. The molecule has 2 rings (SSSR count). The predicted molar refractivity (Wildman–Crippen MR) is 86.6 cm³/mol. The van der Waals surface area contributed by atoms with Crippen LogP contribution in [0.3, 0.4) is 0 Å². The van der Waals surface area contributed by atoms with E-state index in [4.69, 9.17) is 9.84 Å². The average Bonchev–Trinajstić information content (AvgIpc) is 2.59. The fraction of sp³-hybridized carbons (Fsp3) is 0.294. The molecule has 6 heteroatoms. The van der Waals surface area contributed by atoms with Crippen LogP contribution in [-0.4, -0.2) is 35.0 Å². The first-order chi connectivity index (χ1) is 11.1. The molecule has 122 valence electrons. The summed E-state index contributed by atoms with van der Waals surface area (Å²) < 4.78 is 5.30. The van der Waals surface area contributed by atoms with Crippen LogP contribution in [0.1, 0.15) is 18.4 Å². The zero-order valence-corrected chi connectivity index (χ0v) is 12.8. The van der Waals surface area contributed by atoms with Crippen molar-refractivity contribution in [2.75, 3.05) is 19.8 Å². The highest BCUT2D eigenvalue weighted by Gasteiger charge is 2.19. The molecule has 0 radical (unpaired) electrons. The van der Waals surface area contributed by atoms with Gasteiger partial charge in [0.2, 0.25) is 0 Å². The summed E-state index contributed by atoms with van der Waals surface area (Å²) in [6.07, 6.45) is 0. The topological polar surface area (TPSA) is 92.8 Å². The van der Waals surface area contributed by atoms with Crippen LogP contribution in [0.25, 0.3) is 11.1 Å². The van der Waals surface area contributed by atoms with Crippen LogP contribution in [0.5, 0.6) is 5.75 Å². The van der Waals surface area contributed by atoms with E-state index in [1.54, 1.807) is 31.2 Å². The smallest absolute Gasteiger partial charge is 0.272 e. The molecule has 2 aromatic carbocycles. The number of aliphatic hydroxyl groups is 2. The van der Waals surface area contributed by atoms with Gasteiger partial charge in [0.1, 0.15) is 12.4 Å². The molecule has 0 saturated carbocycles. The first-order valence-corrected chi connectivity index (χ1v) is 7.30. The number of nitro benzene ring substituents is 1. The molecule has 0 aromatic heterocycles. The fourth-order valence-electron chi connectivity index (χ4n) is 2.30. The molecule has 6 nitrogen and oxygen atoms in total. The van der Waals surface area contributed by atoms with Gasteiger partial charge in [-0.2, -0.15) is 0 Å². The standard InChI is InChI=1S/C17H19NO5/c1-12(11-20)16-10-14(4-7-17(16)18(21)22)13-2-5-15(6-3-13)23-9-8-19/h2-7,10,12,19-20H,8-9,11H2,1H3. The third-order valence-electron chi connectivity index (χ3n) is 3.58. The van der Waals surface area contributed by atoms with Crippen molar-refractivity contribution in [3.8, 4) is 16.9 Å². The quantitative estimate of drug-likeness (QED) is 0.605. The second kappa shape index (κ2) is 7.71. The van der Waals surface area contributed by atoms with Crippen molar-refractivity contribution in [3.63, 3.8) is 0 Å². The van der Waals surface area contributed by atoms with Gasteiger partial charge in [0.05, 0.1) is 11.5 Å². The van der Waals surface area contributed by atoms with Crippen LogP contribution in [0.4, 0.5) is 5.69 Å². The lowest BCUT2D eigenvalue weighted by atomic mass is 9.95. The minimum Gasteiger partial charge on any atom is -0.491 e. The van der Waals surface area contributed by atoms with Gasteiger partial charge in [0, 0.05) is 24.2 Å². The van der Waals surface area contributed by atoms with Gasteiger partial charge in [-0.25, -0.2) is 0 Å². The largest absolute Gasteiger partial charge is 0.491 e. The first kappa shape index (κ1) is 16.9. The highest BCUT2D eigenvalue weighted by atomic mass is 16.6. The van der Waals surface area contributed by atoms with Crippen LogP contribution < -0.4 is 4.74 Å². The third kappa shape index (κ3) is 4.06. The van der Waals surface area contributed by atoms with Crippen molar-refractivity contribution in [2.45, 2.75) is 12.8 Å². The Morgan fingerprint density at radius 1 is 1.13 bits per heavy atom. The molecular formula is C17H19NO5. The van der Waals surface area contributed by atoms with Crippen molar-refractivity contribution < 1.29 is 19.9 Å². The third-order valence-corrected chi connectivity index (χ3v) is 3.58. The van der Waals surface area contributed by atoms with E-state index >= 15 is 0 Å². The summed E-state index contributed by atoms with van der Waals surface area (Å²) in [7, 11) is 0. The lowest BCUT2D eigenvalue weighted by Gasteiger charge is -2.12. The van der Waals surface area contributed by atoms with Crippen molar-refractivity contribution >= 4 is 5.69 Å². The molecule has 2 N–H and O–H groups in total. The summed E-state index contributed by atoms with van der Waals surface area (Å²) in [5, 5.41) is 29.2. The number of benzene rings is 2. The van der Waals surface area contributed by atoms with Gasteiger partial charge in [-0.1, -0.05) is 19.1 Å². The van der Waals surface area contributed by atoms with Gasteiger partial charge in [-0.05, 0) is 35.4 Å². The summed E-state index contributed by atoms with van der Waals surface area (Å²) in [6, 6.07) is 12.1. The van der Waals surface area contributed by atoms with E-state index in [0.29, 0.717) is 11.3 Å². The zero-order valence-electron chi connectivity index (χ0n) is 12.8. The predicted octanol–water partition coefficient (Wildman–Crippen LogP) is 2.73. The molecule has 0 fully saturated rings. The summed E-state index contributed by atoms with van der Waals surface area (Å²) in [6.45, 7) is 1.78. The SMILES string of the molecule is CC(CO)c1cc(-c2ccc(OCCO)cc2)ccc1[N+](=O)[O-]. The van der Waals surface area contributed by atoms with Gasteiger partial charge in [0.15, 0.2) is 0 Å². The number of nitrogens with zero attached hydrogens (tertiary/aromatic N) is 1. The summed E-state index contributed by atoms with van der Waals surface area (Å²) in [5.74, 6) is 0.330. The Hall–Kier alpha value is -2.44. The number of nitro groups is 1. The van der Waals surface area contributed by atoms with E-state index in [-0.39, 0.29) is 31.4 Å². The highest BCUT2D eigenvalue weighted by molar-refractivity contribution is 5.67. The molecular weight excluding hydrogens is 298 g/mol.